The second-order valence-electron chi connectivity index (χ2n) is 6.94. The first kappa shape index (κ1) is 18.5. The molecule has 1 aromatic heterocycles. The molecule has 26 heavy (non-hydrogen) atoms. The number of hydrogen-bond acceptors (Lipinski definition) is 5. The second-order valence-corrected chi connectivity index (χ2v) is 6.94. The summed E-state index contributed by atoms with van der Waals surface area (Å²) in [7, 11) is 1.68. The van der Waals surface area contributed by atoms with Crippen molar-refractivity contribution in [2.24, 2.45) is 0 Å². The first-order valence-electron chi connectivity index (χ1n) is 8.98. The summed E-state index contributed by atoms with van der Waals surface area (Å²) in [6.07, 6.45) is 0. The van der Waals surface area contributed by atoms with Crippen LogP contribution in [0.15, 0.2) is 16.5 Å². The lowest BCUT2D eigenvalue weighted by molar-refractivity contribution is -0.130. The number of benzene rings is 1. The van der Waals surface area contributed by atoms with Crippen LogP contribution in [0.25, 0.3) is 11.5 Å². The van der Waals surface area contributed by atoms with Crippen LogP contribution < -0.4 is 4.74 Å². The summed E-state index contributed by atoms with van der Waals surface area (Å²) in [4.78, 5) is 20.4. The molecule has 0 N–H and O–H groups in total. The fourth-order valence-corrected chi connectivity index (χ4v) is 3.36. The summed E-state index contributed by atoms with van der Waals surface area (Å²) < 4.78 is 11.4. The number of carbonyl (C=O) groups excluding carboxylic acids is 1. The fourth-order valence-electron chi connectivity index (χ4n) is 3.36. The van der Waals surface area contributed by atoms with Crippen molar-refractivity contribution in [3.63, 3.8) is 0 Å². The monoisotopic (exact) mass is 357 g/mol. The molecule has 2 heterocycles. The van der Waals surface area contributed by atoms with Gasteiger partial charge in [0, 0.05) is 45.2 Å². The van der Waals surface area contributed by atoms with E-state index < -0.39 is 0 Å². The molecule has 2 aromatic rings. The number of piperazine rings is 1. The third-order valence-electron chi connectivity index (χ3n) is 5.06. The van der Waals surface area contributed by atoms with E-state index in [0.29, 0.717) is 5.89 Å². The topological polar surface area (TPSA) is 58.8 Å². The van der Waals surface area contributed by atoms with Gasteiger partial charge in [-0.15, -0.1) is 0 Å². The maximum atomic E-state index is 11.5. The molecule has 1 aromatic carbocycles. The smallest absolute Gasteiger partial charge is 0.226 e. The maximum Gasteiger partial charge on any atom is 0.226 e. The van der Waals surface area contributed by atoms with Crippen molar-refractivity contribution >= 4 is 5.91 Å². The highest BCUT2D eigenvalue weighted by molar-refractivity contribution is 5.73. The first-order chi connectivity index (χ1) is 12.4. The Hall–Kier alpha value is -2.34. The van der Waals surface area contributed by atoms with Crippen molar-refractivity contribution in [2.45, 2.75) is 34.2 Å². The molecule has 0 atom stereocenters. The molecular formula is C20H27N3O3. The lowest BCUT2D eigenvalue weighted by Crippen LogP contribution is -2.47. The van der Waals surface area contributed by atoms with Gasteiger partial charge in [0.2, 0.25) is 11.8 Å². The van der Waals surface area contributed by atoms with Crippen LogP contribution in [-0.2, 0) is 11.3 Å². The molecule has 0 unspecified atom stereocenters. The maximum absolute atomic E-state index is 11.5. The Morgan fingerprint density at radius 2 is 1.85 bits per heavy atom. The van der Waals surface area contributed by atoms with Gasteiger partial charge in [-0.05, 0) is 44.0 Å². The van der Waals surface area contributed by atoms with Gasteiger partial charge in [-0.1, -0.05) is 0 Å². The molecule has 6 nitrogen and oxygen atoms in total. The van der Waals surface area contributed by atoms with Crippen LogP contribution in [0.5, 0.6) is 5.75 Å². The van der Waals surface area contributed by atoms with Gasteiger partial charge >= 0.3 is 0 Å². The van der Waals surface area contributed by atoms with Gasteiger partial charge in [-0.2, -0.15) is 0 Å². The first-order valence-corrected chi connectivity index (χ1v) is 8.98. The average Bonchev–Trinajstić information content (AvgIpc) is 2.97. The van der Waals surface area contributed by atoms with Crippen LogP contribution in [-0.4, -0.2) is 54.0 Å². The number of aromatic nitrogens is 1. The molecule has 0 saturated carbocycles. The molecule has 6 heteroatoms. The summed E-state index contributed by atoms with van der Waals surface area (Å²) in [5.41, 5.74) is 4.10. The third-order valence-corrected chi connectivity index (χ3v) is 5.06. The molecule has 1 aliphatic rings. The standard InChI is InChI=1S/C20H27N3O3/c1-13-11-19(25-5)14(2)10-17(13)20-21-18(15(3)26-20)12-22-6-8-23(9-7-22)16(4)24/h10-11H,6-9,12H2,1-5H3. The Morgan fingerprint density at radius 3 is 2.46 bits per heavy atom. The van der Waals surface area contributed by atoms with Crippen molar-refractivity contribution in [3.8, 4) is 17.2 Å². The van der Waals surface area contributed by atoms with Crippen LogP contribution >= 0.6 is 0 Å². The number of aryl methyl sites for hydroxylation is 3. The SMILES string of the molecule is COc1cc(C)c(-c2nc(CN3CCN(C(C)=O)CC3)c(C)o2)cc1C. The summed E-state index contributed by atoms with van der Waals surface area (Å²) in [6.45, 7) is 11.7. The molecule has 0 aliphatic carbocycles. The summed E-state index contributed by atoms with van der Waals surface area (Å²) in [6, 6.07) is 4.08. The number of rotatable bonds is 4. The van der Waals surface area contributed by atoms with Gasteiger partial charge in [0.25, 0.3) is 0 Å². The summed E-state index contributed by atoms with van der Waals surface area (Å²) >= 11 is 0. The normalized spacial score (nSPS) is 15.3. The summed E-state index contributed by atoms with van der Waals surface area (Å²) in [5, 5.41) is 0. The largest absolute Gasteiger partial charge is 0.496 e. The van der Waals surface area contributed by atoms with E-state index in [1.54, 1.807) is 14.0 Å². The fraction of sp³-hybridized carbons (Fsp3) is 0.500. The van der Waals surface area contributed by atoms with E-state index in [1.807, 2.05) is 31.7 Å². The Labute approximate surface area is 154 Å². The molecule has 0 bridgehead atoms. The van der Waals surface area contributed by atoms with E-state index in [-0.39, 0.29) is 5.91 Å². The lowest BCUT2D eigenvalue weighted by atomic mass is 10.0. The highest BCUT2D eigenvalue weighted by atomic mass is 16.5. The molecule has 1 fully saturated rings. The average molecular weight is 357 g/mol. The van der Waals surface area contributed by atoms with Crippen molar-refractivity contribution < 1.29 is 13.9 Å². The number of oxazole rings is 1. The van der Waals surface area contributed by atoms with Gasteiger partial charge in [-0.25, -0.2) is 4.98 Å². The van der Waals surface area contributed by atoms with Gasteiger partial charge in [0.1, 0.15) is 11.5 Å². The third kappa shape index (κ3) is 3.75. The zero-order valence-electron chi connectivity index (χ0n) is 16.3. The lowest BCUT2D eigenvalue weighted by Gasteiger charge is -2.33. The quantitative estimate of drug-likeness (QED) is 0.842. The highest BCUT2D eigenvalue weighted by Crippen LogP contribution is 2.31. The molecular weight excluding hydrogens is 330 g/mol. The van der Waals surface area contributed by atoms with Gasteiger partial charge in [-0.3, -0.25) is 9.69 Å². The van der Waals surface area contributed by atoms with Gasteiger partial charge in [0.15, 0.2) is 0 Å². The van der Waals surface area contributed by atoms with Crippen LogP contribution in [0.4, 0.5) is 0 Å². The van der Waals surface area contributed by atoms with E-state index in [9.17, 15) is 4.79 Å². The predicted octanol–water partition coefficient (Wildman–Crippen LogP) is 2.94. The van der Waals surface area contributed by atoms with Crippen molar-refractivity contribution in [1.82, 2.24) is 14.8 Å². The summed E-state index contributed by atoms with van der Waals surface area (Å²) in [5.74, 6) is 2.53. The van der Waals surface area contributed by atoms with Crippen molar-refractivity contribution in [1.29, 1.82) is 0 Å². The molecule has 1 saturated heterocycles. The van der Waals surface area contributed by atoms with E-state index in [2.05, 4.69) is 11.0 Å². The Bertz CT molecular complexity index is 805. The van der Waals surface area contributed by atoms with E-state index in [4.69, 9.17) is 14.1 Å². The van der Waals surface area contributed by atoms with E-state index >= 15 is 0 Å². The molecule has 0 radical (unpaired) electrons. The van der Waals surface area contributed by atoms with E-state index in [0.717, 1.165) is 66.6 Å². The number of carbonyl (C=O) groups is 1. The molecule has 1 amide bonds. The van der Waals surface area contributed by atoms with Crippen molar-refractivity contribution in [2.75, 3.05) is 33.3 Å². The van der Waals surface area contributed by atoms with Crippen LogP contribution in [0.3, 0.4) is 0 Å². The Balaban J connectivity index is 1.76. The van der Waals surface area contributed by atoms with E-state index in [1.165, 1.54) is 0 Å². The minimum absolute atomic E-state index is 0.148. The molecule has 0 spiro atoms. The Morgan fingerprint density at radius 1 is 1.15 bits per heavy atom. The highest BCUT2D eigenvalue weighted by Gasteiger charge is 2.21. The van der Waals surface area contributed by atoms with Crippen molar-refractivity contribution in [3.05, 3.63) is 34.7 Å². The number of amides is 1. The zero-order valence-corrected chi connectivity index (χ0v) is 16.3. The molecule has 3 rings (SSSR count). The second kappa shape index (κ2) is 7.50. The number of ether oxygens (including phenoxy) is 1. The number of hydrogen-bond donors (Lipinski definition) is 0. The number of nitrogens with zero attached hydrogens (tertiary/aromatic N) is 3. The van der Waals surface area contributed by atoms with Crippen LogP contribution in [0.2, 0.25) is 0 Å². The minimum Gasteiger partial charge on any atom is -0.496 e. The van der Waals surface area contributed by atoms with Gasteiger partial charge in [0.05, 0.1) is 12.8 Å². The Kier molecular flexibility index (Phi) is 5.32. The molecule has 140 valence electrons. The zero-order chi connectivity index (χ0) is 18.8. The predicted molar refractivity (Wildman–Crippen MR) is 100 cm³/mol. The van der Waals surface area contributed by atoms with Gasteiger partial charge < -0.3 is 14.1 Å². The molecule has 1 aliphatic heterocycles. The van der Waals surface area contributed by atoms with Crippen LogP contribution in [0.1, 0.15) is 29.5 Å². The minimum atomic E-state index is 0.148. The number of methoxy groups -OCH3 is 1. The van der Waals surface area contributed by atoms with Crippen LogP contribution in [0, 0.1) is 20.8 Å².